The quantitative estimate of drug-likeness (QED) is 0.387. The fraction of sp³-hybridized carbons (Fsp3) is 0.636. The number of carbonyl (C=O) groups is 1. The highest BCUT2D eigenvalue weighted by atomic mass is 32.2. The van der Waals surface area contributed by atoms with Crippen LogP contribution in [0, 0.1) is 11.3 Å². The van der Waals surface area contributed by atoms with Gasteiger partial charge in [-0.1, -0.05) is 6.58 Å². The molecular formula is C11H11NO6S. The minimum Gasteiger partial charge on any atom is -0.453 e. The first-order chi connectivity index (χ1) is 8.83. The summed E-state index contributed by atoms with van der Waals surface area (Å²) in [6, 6.07) is 1.74. The van der Waals surface area contributed by atoms with Crippen LogP contribution in [-0.4, -0.2) is 43.5 Å². The van der Waals surface area contributed by atoms with Crippen molar-refractivity contribution in [1.82, 2.24) is 0 Å². The maximum Gasteiger partial charge on any atom is 0.333 e. The van der Waals surface area contributed by atoms with Gasteiger partial charge >= 0.3 is 5.97 Å². The third-order valence-electron chi connectivity index (χ3n) is 3.73. The van der Waals surface area contributed by atoms with Crippen LogP contribution in [0.5, 0.6) is 0 Å². The highest BCUT2D eigenvalue weighted by Crippen LogP contribution is 2.54. The molecule has 0 aromatic carbocycles. The molecule has 2 bridgehead atoms. The van der Waals surface area contributed by atoms with E-state index in [0.717, 1.165) is 0 Å². The Labute approximate surface area is 109 Å². The van der Waals surface area contributed by atoms with Crippen molar-refractivity contribution in [3.8, 4) is 6.07 Å². The molecule has 3 heterocycles. The SMILES string of the molecule is C=C(C)C(=O)OC1C2CC3OS(=O)(=O)C1(C#N)C3O2. The molecule has 0 amide bonds. The topological polar surface area (TPSA) is 103 Å². The summed E-state index contributed by atoms with van der Waals surface area (Å²) in [5, 5.41) is 9.32. The molecule has 5 unspecified atom stereocenters. The van der Waals surface area contributed by atoms with Crippen molar-refractivity contribution in [1.29, 1.82) is 5.26 Å². The average Bonchev–Trinajstić information content (AvgIpc) is 2.87. The normalized spacial score (nSPS) is 44.8. The number of rotatable bonds is 2. The summed E-state index contributed by atoms with van der Waals surface area (Å²) in [5.74, 6) is -0.741. The second-order valence-electron chi connectivity index (χ2n) is 4.93. The van der Waals surface area contributed by atoms with Gasteiger partial charge in [-0.05, 0) is 6.92 Å². The van der Waals surface area contributed by atoms with Crippen molar-refractivity contribution >= 4 is 16.1 Å². The Morgan fingerprint density at radius 2 is 2.21 bits per heavy atom. The van der Waals surface area contributed by atoms with Crippen molar-refractivity contribution in [2.24, 2.45) is 0 Å². The lowest BCUT2D eigenvalue weighted by Gasteiger charge is -2.27. The summed E-state index contributed by atoms with van der Waals surface area (Å²) < 4.78 is 37.6. The maximum atomic E-state index is 12.1. The van der Waals surface area contributed by atoms with Gasteiger partial charge in [-0.2, -0.15) is 13.7 Å². The van der Waals surface area contributed by atoms with Crippen molar-refractivity contribution in [3.05, 3.63) is 12.2 Å². The highest BCUT2D eigenvalue weighted by Gasteiger charge is 2.78. The number of nitrogens with zero attached hydrogens (tertiary/aromatic N) is 1. The van der Waals surface area contributed by atoms with Crippen LogP contribution < -0.4 is 0 Å². The molecule has 3 aliphatic heterocycles. The Bertz CT molecular complexity index is 620. The standard InChI is InChI=1S/C11H11NO6S/c1-5(2)10(13)17-8-6-3-7-9(16-6)11(8,4-12)19(14,15)18-7/h6-9H,1,3H2,2H3. The lowest BCUT2D eigenvalue weighted by Crippen LogP contribution is -2.54. The highest BCUT2D eigenvalue weighted by molar-refractivity contribution is 7.88. The van der Waals surface area contributed by atoms with Gasteiger partial charge in [-0.25, -0.2) is 4.79 Å². The third kappa shape index (κ3) is 1.32. The van der Waals surface area contributed by atoms with E-state index in [-0.39, 0.29) is 5.57 Å². The van der Waals surface area contributed by atoms with Gasteiger partial charge in [-0.3, -0.25) is 4.18 Å². The Morgan fingerprint density at radius 3 is 2.79 bits per heavy atom. The molecule has 0 saturated carbocycles. The Kier molecular flexibility index (Phi) is 2.36. The first-order valence-corrected chi connectivity index (χ1v) is 7.10. The van der Waals surface area contributed by atoms with E-state index < -0.39 is 45.3 Å². The molecule has 0 aromatic heterocycles. The molecule has 8 heteroatoms. The van der Waals surface area contributed by atoms with Gasteiger partial charge in [-0.15, -0.1) is 0 Å². The van der Waals surface area contributed by atoms with E-state index in [1.165, 1.54) is 6.92 Å². The number of nitriles is 1. The number of fused-ring (bicyclic) bond motifs is 1. The molecule has 3 saturated heterocycles. The summed E-state index contributed by atoms with van der Waals surface area (Å²) in [7, 11) is -4.16. The van der Waals surface area contributed by atoms with E-state index in [4.69, 9.17) is 13.7 Å². The summed E-state index contributed by atoms with van der Waals surface area (Å²) in [4.78, 5) is 11.6. The molecule has 0 spiro atoms. The van der Waals surface area contributed by atoms with E-state index in [9.17, 15) is 18.5 Å². The van der Waals surface area contributed by atoms with Crippen molar-refractivity contribution in [2.75, 3.05) is 0 Å². The zero-order chi connectivity index (χ0) is 14.0. The van der Waals surface area contributed by atoms with Gasteiger partial charge in [0.15, 0.2) is 6.10 Å². The van der Waals surface area contributed by atoms with E-state index >= 15 is 0 Å². The summed E-state index contributed by atoms with van der Waals surface area (Å²) in [5.41, 5.74) is 0.128. The zero-order valence-corrected chi connectivity index (χ0v) is 10.8. The molecule has 0 radical (unpaired) electrons. The predicted molar refractivity (Wildman–Crippen MR) is 60.1 cm³/mol. The summed E-state index contributed by atoms with van der Waals surface area (Å²) in [6.45, 7) is 4.87. The molecule has 19 heavy (non-hydrogen) atoms. The molecule has 7 nitrogen and oxygen atoms in total. The molecule has 3 fully saturated rings. The fourth-order valence-corrected chi connectivity index (χ4v) is 4.63. The number of ether oxygens (including phenoxy) is 2. The van der Waals surface area contributed by atoms with E-state index in [2.05, 4.69) is 6.58 Å². The predicted octanol–water partition coefficient (Wildman–Crippen LogP) is -0.364. The Hall–Kier alpha value is -1.43. The molecule has 3 rings (SSSR count). The van der Waals surface area contributed by atoms with Crippen molar-refractivity contribution in [3.63, 3.8) is 0 Å². The number of esters is 1. The molecule has 0 aliphatic carbocycles. The minimum atomic E-state index is -4.16. The van der Waals surface area contributed by atoms with Crippen LogP contribution in [0.15, 0.2) is 12.2 Å². The monoisotopic (exact) mass is 285 g/mol. The van der Waals surface area contributed by atoms with Crippen LogP contribution in [0.2, 0.25) is 0 Å². The lowest BCUT2D eigenvalue weighted by atomic mass is 9.84. The number of carbonyl (C=O) groups excluding carboxylic acids is 1. The number of hydrogen-bond donors (Lipinski definition) is 0. The first-order valence-electron chi connectivity index (χ1n) is 5.69. The van der Waals surface area contributed by atoms with Crippen LogP contribution >= 0.6 is 0 Å². The van der Waals surface area contributed by atoms with E-state index in [0.29, 0.717) is 6.42 Å². The Morgan fingerprint density at radius 1 is 1.53 bits per heavy atom. The fourth-order valence-electron chi connectivity index (χ4n) is 2.87. The van der Waals surface area contributed by atoms with Crippen molar-refractivity contribution < 1.29 is 26.9 Å². The zero-order valence-electron chi connectivity index (χ0n) is 10.0. The minimum absolute atomic E-state index is 0.128. The first kappa shape index (κ1) is 12.6. The summed E-state index contributed by atoms with van der Waals surface area (Å²) >= 11 is 0. The van der Waals surface area contributed by atoms with Crippen LogP contribution in [0.1, 0.15) is 13.3 Å². The second-order valence-corrected chi connectivity index (χ2v) is 6.71. The second kappa shape index (κ2) is 3.56. The largest absolute Gasteiger partial charge is 0.453 e. The molecule has 0 N–H and O–H groups in total. The molecule has 3 aliphatic rings. The molecule has 102 valence electrons. The van der Waals surface area contributed by atoms with Crippen LogP contribution in [0.3, 0.4) is 0 Å². The molecular weight excluding hydrogens is 274 g/mol. The van der Waals surface area contributed by atoms with Gasteiger partial charge in [0.2, 0.25) is 0 Å². The van der Waals surface area contributed by atoms with Gasteiger partial charge in [0.05, 0.1) is 6.07 Å². The van der Waals surface area contributed by atoms with Crippen LogP contribution in [0.25, 0.3) is 0 Å². The number of hydrogen-bond acceptors (Lipinski definition) is 7. The van der Waals surface area contributed by atoms with E-state index in [1.54, 1.807) is 6.07 Å². The van der Waals surface area contributed by atoms with Crippen molar-refractivity contribution in [2.45, 2.75) is 42.5 Å². The lowest BCUT2D eigenvalue weighted by molar-refractivity contribution is -0.147. The third-order valence-corrected chi connectivity index (χ3v) is 5.61. The molecule has 0 aromatic rings. The maximum absolute atomic E-state index is 12.1. The van der Waals surface area contributed by atoms with Crippen LogP contribution in [0.4, 0.5) is 0 Å². The summed E-state index contributed by atoms with van der Waals surface area (Å²) in [6.07, 6.45) is -3.06. The van der Waals surface area contributed by atoms with Gasteiger partial charge in [0, 0.05) is 12.0 Å². The Balaban J connectivity index is 2.04. The van der Waals surface area contributed by atoms with Gasteiger partial charge in [0.25, 0.3) is 14.9 Å². The van der Waals surface area contributed by atoms with Gasteiger partial charge < -0.3 is 9.47 Å². The smallest absolute Gasteiger partial charge is 0.333 e. The average molecular weight is 285 g/mol. The van der Waals surface area contributed by atoms with Gasteiger partial charge in [0.1, 0.15) is 18.3 Å². The van der Waals surface area contributed by atoms with Crippen LogP contribution in [-0.2, 0) is 28.6 Å². The molecule has 5 atom stereocenters. The van der Waals surface area contributed by atoms with E-state index in [1.807, 2.05) is 0 Å².